The summed E-state index contributed by atoms with van der Waals surface area (Å²) in [5.74, 6) is -0.0922. The highest BCUT2D eigenvalue weighted by atomic mass is 16.6. The second-order valence-electron chi connectivity index (χ2n) is 6.67. The van der Waals surface area contributed by atoms with E-state index in [1.165, 1.54) is 49.8 Å². The molecule has 1 heterocycles. The van der Waals surface area contributed by atoms with E-state index in [1.807, 2.05) is 13.8 Å². The van der Waals surface area contributed by atoms with Crippen molar-refractivity contribution in [2.24, 2.45) is 0 Å². The molecule has 0 aromatic rings. The van der Waals surface area contributed by atoms with Crippen LogP contribution in [0.1, 0.15) is 85.0 Å². The average Bonchev–Trinajstić information content (AvgIpc) is 2.70. The molecule has 21 heavy (non-hydrogen) atoms. The van der Waals surface area contributed by atoms with Gasteiger partial charge in [0.25, 0.3) is 0 Å². The standard InChI is InChI=1S/C17H31NO3/c1-4-5-6-7-8-9-10-11-12-13-15(19)18-16(20)21-14-17(18,2)3/h4-14H2,1-3H3. The quantitative estimate of drug-likeness (QED) is 0.551. The first-order chi connectivity index (χ1) is 9.99. The van der Waals surface area contributed by atoms with Crippen LogP contribution < -0.4 is 0 Å². The number of imide groups is 1. The third-order valence-electron chi connectivity index (χ3n) is 4.08. The molecule has 0 spiro atoms. The van der Waals surface area contributed by atoms with Gasteiger partial charge in [0.1, 0.15) is 6.61 Å². The van der Waals surface area contributed by atoms with Gasteiger partial charge in [-0.15, -0.1) is 0 Å². The van der Waals surface area contributed by atoms with E-state index < -0.39 is 11.6 Å². The van der Waals surface area contributed by atoms with Gasteiger partial charge < -0.3 is 4.74 Å². The summed E-state index contributed by atoms with van der Waals surface area (Å²) < 4.78 is 4.96. The van der Waals surface area contributed by atoms with Gasteiger partial charge in [-0.2, -0.15) is 0 Å². The Morgan fingerprint density at radius 2 is 1.57 bits per heavy atom. The summed E-state index contributed by atoms with van der Waals surface area (Å²) in [5, 5.41) is 0. The molecule has 0 unspecified atom stereocenters. The van der Waals surface area contributed by atoms with Gasteiger partial charge in [0, 0.05) is 6.42 Å². The number of carbonyl (C=O) groups is 2. The van der Waals surface area contributed by atoms with Gasteiger partial charge in [-0.05, 0) is 20.3 Å². The maximum atomic E-state index is 12.1. The number of unbranched alkanes of at least 4 members (excludes halogenated alkanes) is 8. The van der Waals surface area contributed by atoms with Crippen LogP contribution in [0, 0.1) is 0 Å². The Labute approximate surface area is 129 Å². The molecule has 0 aliphatic carbocycles. The summed E-state index contributed by atoms with van der Waals surface area (Å²) in [6, 6.07) is 0. The van der Waals surface area contributed by atoms with E-state index in [4.69, 9.17) is 4.74 Å². The van der Waals surface area contributed by atoms with E-state index in [-0.39, 0.29) is 5.91 Å². The minimum Gasteiger partial charge on any atom is -0.447 e. The van der Waals surface area contributed by atoms with Gasteiger partial charge in [-0.3, -0.25) is 4.79 Å². The Morgan fingerprint density at radius 3 is 2.05 bits per heavy atom. The van der Waals surface area contributed by atoms with Crippen molar-refractivity contribution in [2.75, 3.05) is 6.61 Å². The van der Waals surface area contributed by atoms with E-state index in [1.54, 1.807) is 0 Å². The van der Waals surface area contributed by atoms with Crippen molar-refractivity contribution in [3.05, 3.63) is 0 Å². The molecule has 0 N–H and O–H groups in total. The van der Waals surface area contributed by atoms with E-state index in [0.717, 1.165) is 12.8 Å². The van der Waals surface area contributed by atoms with E-state index >= 15 is 0 Å². The average molecular weight is 297 g/mol. The zero-order valence-electron chi connectivity index (χ0n) is 14.0. The molecular formula is C17H31NO3. The van der Waals surface area contributed by atoms with Crippen LogP contribution in [-0.4, -0.2) is 29.0 Å². The van der Waals surface area contributed by atoms with Gasteiger partial charge in [-0.25, -0.2) is 9.69 Å². The molecule has 0 aromatic carbocycles. The number of amides is 2. The topological polar surface area (TPSA) is 46.6 Å². The molecule has 0 bridgehead atoms. The summed E-state index contributed by atoms with van der Waals surface area (Å²) in [5.41, 5.74) is -0.493. The third-order valence-corrected chi connectivity index (χ3v) is 4.08. The fraction of sp³-hybridized carbons (Fsp3) is 0.882. The van der Waals surface area contributed by atoms with Crippen molar-refractivity contribution in [1.29, 1.82) is 0 Å². The Hall–Kier alpha value is -1.06. The van der Waals surface area contributed by atoms with Crippen LogP contribution >= 0.6 is 0 Å². The molecule has 1 rings (SSSR count). The number of hydrogen-bond donors (Lipinski definition) is 0. The highest BCUT2D eigenvalue weighted by Crippen LogP contribution is 2.24. The normalized spacial score (nSPS) is 17.1. The molecule has 2 amide bonds. The number of nitrogens with zero attached hydrogens (tertiary/aromatic N) is 1. The Balaban J connectivity index is 2.07. The maximum absolute atomic E-state index is 12.1. The summed E-state index contributed by atoms with van der Waals surface area (Å²) >= 11 is 0. The summed E-state index contributed by atoms with van der Waals surface area (Å²) in [7, 11) is 0. The number of rotatable bonds is 10. The van der Waals surface area contributed by atoms with Crippen LogP contribution in [0.5, 0.6) is 0 Å². The molecule has 0 radical (unpaired) electrons. The first kappa shape index (κ1) is 18.0. The molecule has 1 saturated heterocycles. The lowest BCUT2D eigenvalue weighted by atomic mass is 10.0. The molecule has 0 aromatic heterocycles. The Bertz CT molecular complexity index is 339. The zero-order valence-corrected chi connectivity index (χ0v) is 14.0. The van der Waals surface area contributed by atoms with Crippen molar-refractivity contribution >= 4 is 12.0 Å². The predicted molar refractivity (Wildman–Crippen MR) is 84.1 cm³/mol. The Morgan fingerprint density at radius 1 is 1.05 bits per heavy atom. The molecule has 0 atom stereocenters. The molecule has 122 valence electrons. The Kier molecular flexibility index (Phi) is 7.76. The van der Waals surface area contributed by atoms with Crippen molar-refractivity contribution in [3.63, 3.8) is 0 Å². The molecule has 4 nitrogen and oxygen atoms in total. The van der Waals surface area contributed by atoms with E-state index in [9.17, 15) is 9.59 Å². The van der Waals surface area contributed by atoms with Crippen LogP contribution in [0.25, 0.3) is 0 Å². The van der Waals surface area contributed by atoms with Crippen LogP contribution in [0.15, 0.2) is 0 Å². The first-order valence-electron chi connectivity index (χ1n) is 8.49. The number of hydrogen-bond acceptors (Lipinski definition) is 3. The third kappa shape index (κ3) is 6.06. The second kappa shape index (κ2) is 9.06. The fourth-order valence-corrected chi connectivity index (χ4v) is 2.75. The van der Waals surface area contributed by atoms with Crippen LogP contribution in [0.3, 0.4) is 0 Å². The number of ether oxygens (including phenoxy) is 1. The largest absolute Gasteiger partial charge is 0.447 e. The number of cyclic esters (lactones) is 1. The minimum atomic E-state index is -0.493. The minimum absolute atomic E-state index is 0.0922. The van der Waals surface area contributed by atoms with E-state index in [2.05, 4.69) is 6.92 Å². The maximum Gasteiger partial charge on any atom is 0.417 e. The van der Waals surface area contributed by atoms with Gasteiger partial charge in [0.2, 0.25) is 5.91 Å². The summed E-state index contributed by atoms with van der Waals surface area (Å²) in [6.45, 7) is 6.27. The van der Waals surface area contributed by atoms with Gasteiger partial charge in [-0.1, -0.05) is 58.3 Å². The smallest absolute Gasteiger partial charge is 0.417 e. The van der Waals surface area contributed by atoms with Gasteiger partial charge in [0.05, 0.1) is 5.54 Å². The lowest BCUT2D eigenvalue weighted by Crippen LogP contribution is -2.45. The lowest BCUT2D eigenvalue weighted by molar-refractivity contribution is -0.131. The molecule has 1 aliphatic heterocycles. The second-order valence-corrected chi connectivity index (χ2v) is 6.67. The molecular weight excluding hydrogens is 266 g/mol. The molecule has 0 saturated carbocycles. The summed E-state index contributed by atoms with van der Waals surface area (Å²) in [4.78, 5) is 25.0. The van der Waals surface area contributed by atoms with Crippen LogP contribution in [-0.2, 0) is 9.53 Å². The zero-order chi connectivity index (χ0) is 15.7. The predicted octanol–water partition coefficient (Wildman–Crippen LogP) is 4.66. The van der Waals surface area contributed by atoms with E-state index in [0.29, 0.717) is 13.0 Å². The van der Waals surface area contributed by atoms with Crippen molar-refractivity contribution in [3.8, 4) is 0 Å². The van der Waals surface area contributed by atoms with Crippen molar-refractivity contribution < 1.29 is 14.3 Å². The summed E-state index contributed by atoms with van der Waals surface area (Å²) in [6.07, 6.45) is 11.0. The number of carbonyl (C=O) groups excluding carboxylic acids is 2. The van der Waals surface area contributed by atoms with Crippen molar-refractivity contribution in [1.82, 2.24) is 4.90 Å². The molecule has 4 heteroatoms. The first-order valence-corrected chi connectivity index (χ1v) is 8.49. The van der Waals surface area contributed by atoms with Crippen LogP contribution in [0.4, 0.5) is 4.79 Å². The molecule has 1 fully saturated rings. The highest BCUT2D eigenvalue weighted by molar-refractivity contribution is 5.94. The van der Waals surface area contributed by atoms with Crippen LogP contribution in [0.2, 0.25) is 0 Å². The highest BCUT2D eigenvalue weighted by Gasteiger charge is 2.43. The lowest BCUT2D eigenvalue weighted by Gasteiger charge is -2.25. The fourth-order valence-electron chi connectivity index (χ4n) is 2.75. The van der Waals surface area contributed by atoms with Crippen molar-refractivity contribution in [2.45, 2.75) is 90.5 Å². The SMILES string of the molecule is CCCCCCCCCCCC(=O)N1C(=O)OCC1(C)C. The van der Waals surface area contributed by atoms with Gasteiger partial charge in [0.15, 0.2) is 0 Å². The monoisotopic (exact) mass is 297 g/mol. The van der Waals surface area contributed by atoms with Gasteiger partial charge >= 0.3 is 6.09 Å². The molecule has 1 aliphatic rings.